The van der Waals surface area contributed by atoms with Crippen LogP contribution in [0, 0.1) is 5.82 Å². The lowest BCUT2D eigenvalue weighted by molar-refractivity contribution is 0.624. The molecule has 0 atom stereocenters. The minimum absolute atomic E-state index is 0.0177. The van der Waals surface area contributed by atoms with Gasteiger partial charge in [0.05, 0.1) is 6.20 Å². The van der Waals surface area contributed by atoms with E-state index in [2.05, 4.69) is 20.0 Å². The number of hydrogen-bond acceptors (Lipinski definition) is 2. The van der Waals surface area contributed by atoms with Gasteiger partial charge in [0.1, 0.15) is 11.5 Å². The average molecular weight is 263 g/mol. The van der Waals surface area contributed by atoms with Crippen molar-refractivity contribution in [2.45, 2.75) is 6.42 Å². The molecule has 0 saturated carbocycles. The third kappa shape index (κ3) is 3.18. The first kappa shape index (κ1) is 12.8. The topological polar surface area (TPSA) is 131 Å². The summed E-state index contributed by atoms with van der Waals surface area (Å²) in [6, 6.07) is 1.43. The molecule has 0 fully saturated rings. The molecule has 2 aromatic rings. The maximum atomic E-state index is 13.1. The van der Waals surface area contributed by atoms with Crippen molar-refractivity contribution in [2.24, 2.45) is 27.2 Å². The van der Waals surface area contributed by atoms with Crippen molar-refractivity contribution in [3.05, 3.63) is 29.8 Å². The lowest BCUT2D eigenvalue weighted by Crippen LogP contribution is -2.26. The van der Waals surface area contributed by atoms with Crippen LogP contribution in [0.2, 0.25) is 0 Å². The predicted octanol–water partition coefficient (Wildman–Crippen LogP) is -0.167. The molecule has 2 heterocycles. The van der Waals surface area contributed by atoms with Gasteiger partial charge in [-0.2, -0.15) is 4.99 Å². The zero-order chi connectivity index (χ0) is 13.8. The fraction of sp³-hybridized carbons (Fsp3) is 0.182. The van der Waals surface area contributed by atoms with Crippen LogP contribution >= 0.6 is 0 Å². The van der Waals surface area contributed by atoms with Crippen LogP contribution in [0.4, 0.5) is 4.39 Å². The van der Waals surface area contributed by atoms with Crippen LogP contribution in [0.15, 0.2) is 28.4 Å². The zero-order valence-corrected chi connectivity index (χ0v) is 10.1. The number of H-pyrrole nitrogens is 1. The number of fused-ring (bicyclic) bond motifs is 1. The Morgan fingerprint density at radius 1 is 1.37 bits per heavy atom. The average Bonchev–Trinajstić information content (AvgIpc) is 2.71. The second kappa shape index (κ2) is 5.34. The molecule has 2 aromatic heterocycles. The molecule has 0 unspecified atom stereocenters. The van der Waals surface area contributed by atoms with Gasteiger partial charge in [0.15, 0.2) is 5.96 Å². The van der Waals surface area contributed by atoms with E-state index in [1.54, 1.807) is 6.20 Å². The third-order valence-corrected chi connectivity index (χ3v) is 2.48. The maximum absolute atomic E-state index is 13.1. The van der Waals surface area contributed by atoms with Crippen LogP contribution < -0.4 is 17.2 Å². The summed E-state index contributed by atoms with van der Waals surface area (Å²) in [6.45, 7) is 0.395. The third-order valence-electron chi connectivity index (χ3n) is 2.48. The van der Waals surface area contributed by atoms with Crippen molar-refractivity contribution >= 4 is 23.0 Å². The fourth-order valence-corrected chi connectivity index (χ4v) is 1.70. The monoisotopic (exact) mass is 263 g/mol. The first-order chi connectivity index (χ1) is 9.06. The molecule has 2 rings (SSSR count). The van der Waals surface area contributed by atoms with Gasteiger partial charge in [0.25, 0.3) is 0 Å². The number of guanidine groups is 2. The number of halogens is 1. The Hall–Kier alpha value is -2.64. The summed E-state index contributed by atoms with van der Waals surface area (Å²) >= 11 is 0. The largest absolute Gasteiger partial charge is 0.370 e. The minimum Gasteiger partial charge on any atom is -0.370 e. The number of aromatic amines is 1. The molecule has 7 N–H and O–H groups in total. The molecule has 7 nitrogen and oxygen atoms in total. The number of nitrogens with zero attached hydrogens (tertiary/aromatic N) is 3. The SMILES string of the molecule is NC(N)=NC(N)=NCCc1c[nH]c2ncc(F)cc12. The highest BCUT2D eigenvalue weighted by atomic mass is 19.1. The van der Waals surface area contributed by atoms with Gasteiger partial charge in [-0.25, -0.2) is 9.37 Å². The Balaban J connectivity index is 2.10. The van der Waals surface area contributed by atoms with Crippen molar-refractivity contribution in [3.8, 4) is 0 Å². The molecule has 0 bridgehead atoms. The van der Waals surface area contributed by atoms with Crippen LogP contribution in [-0.4, -0.2) is 28.4 Å². The highest BCUT2D eigenvalue weighted by Gasteiger charge is 2.05. The van der Waals surface area contributed by atoms with Crippen LogP contribution in [0.1, 0.15) is 5.56 Å². The first-order valence-corrected chi connectivity index (χ1v) is 5.57. The van der Waals surface area contributed by atoms with Gasteiger partial charge in [0.2, 0.25) is 5.96 Å². The Labute approximate surface area is 108 Å². The lowest BCUT2D eigenvalue weighted by Gasteiger charge is -1.97. The predicted molar refractivity (Wildman–Crippen MR) is 72.1 cm³/mol. The number of rotatable bonds is 3. The summed E-state index contributed by atoms with van der Waals surface area (Å²) in [4.78, 5) is 14.5. The van der Waals surface area contributed by atoms with E-state index < -0.39 is 0 Å². The highest BCUT2D eigenvalue weighted by molar-refractivity contribution is 5.92. The normalized spacial score (nSPS) is 11.7. The molecule has 0 saturated heterocycles. The summed E-state index contributed by atoms with van der Waals surface area (Å²) < 4.78 is 13.1. The Morgan fingerprint density at radius 2 is 2.16 bits per heavy atom. The van der Waals surface area contributed by atoms with Gasteiger partial charge < -0.3 is 22.2 Å². The number of hydrogen-bond donors (Lipinski definition) is 4. The first-order valence-electron chi connectivity index (χ1n) is 5.57. The van der Waals surface area contributed by atoms with Crippen molar-refractivity contribution < 1.29 is 4.39 Å². The zero-order valence-electron chi connectivity index (χ0n) is 10.1. The molecule has 0 aliphatic heterocycles. The van der Waals surface area contributed by atoms with E-state index in [9.17, 15) is 4.39 Å². The van der Waals surface area contributed by atoms with E-state index in [0.717, 1.165) is 17.1 Å². The van der Waals surface area contributed by atoms with Crippen LogP contribution in [0.3, 0.4) is 0 Å². The van der Waals surface area contributed by atoms with E-state index in [0.29, 0.717) is 18.6 Å². The van der Waals surface area contributed by atoms with E-state index in [1.807, 2.05) is 0 Å². The molecule has 0 aliphatic carbocycles. The number of aromatic nitrogens is 2. The second-order valence-electron chi connectivity index (χ2n) is 3.89. The van der Waals surface area contributed by atoms with Crippen LogP contribution in [-0.2, 0) is 6.42 Å². The molecule has 0 radical (unpaired) electrons. The standard InChI is InChI=1S/C11H14FN7/c12-7-3-8-6(4-17-9(8)18-5-7)1-2-16-11(15)19-10(13)14/h3-5H,1-2H2,(H,17,18)(H6,13,14,15,16,19). The smallest absolute Gasteiger partial charge is 0.218 e. The molecule has 19 heavy (non-hydrogen) atoms. The van der Waals surface area contributed by atoms with Crippen molar-refractivity contribution in [3.63, 3.8) is 0 Å². The van der Waals surface area contributed by atoms with Crippen molar-refractivity contribution in [1.29, 1.82) is 0 Å². The lowest BCUT2D eigenvalue weighted by atomic mass is 10.1. The Kier molecular flexibility index (Phi) is 3.60. The van der Waals surface area contributed by atoms with Gasteiger partial charge in [-0.15, -0.1) is 0 Å². The maximum Gasteiger partial charge on any atom is 0.218 e. The number of nitrogens with one attached hydrogen (secondary N) is 1. The molecular formula is C11H14FN7. The van der Waals surface area contributed by atoms with E-state index in [-0.39, 0.29) is 17.7 Å². The molecule has 0 aromatic carbocycles. The molecule has 0 aliphatic rings. The van der Waals surface area contributed by atoms with Gasteiger partial charge in [0, 0.05) is 18.1 Å². The van der Waals surface area contributed by atoms with Crippen LogP contribution in [0.5, 0.6) is 0 Å². The van der Waals surface area contributed by atoms with Gasteiger partial charge >= 0.3 is 0 Å². The number of pyridine rings is 1. The van der Waals surface area contributed by atoms with E-state index >= 15 is 0 Å². The summed E-state index contributed by atoms with van der Waals surface area (Å²) in [5.41, 5.74) is 17.3. The number of aliphatic imine (C=N–C) groups is 2. The molecule has 8 heteroatoms. The molecule has 0 amide bonds. The van der Waals surface area contributed by atoms with Gasteiger partial charge in [-0.3, -0.25) is 4.99 Å². The molecule has 0 spiro atoms. The second-order valence-corrected chi connectivity index (χ2v) is 3.89. The molecule has 100 valence electrons. The molecular weight excluding hydrogens is 249 g/mol. The van der Waals surface area contributed by atoms with Gasteiger partial charge in [-0.05, 0) is 18.1 Å². The summed E-state index contributed by atoms with van der Waals surface area (Å²) in [5.74, 6) is -0.499. The van der Waals surface area contributed by atoms with Crippen molar-refractivity contribution in [1.82, 2.24) is 9.97 Å². The summed E-state index contributed by atoms with van der Waals surface area (Å²) in [6.07, 6.45) is 3.51. The van der Waals surface area contributed by atoms with Crippen LogP contribution in [0.25, 0.3) is 11.0 Å². The minimum atomic E-state index is -0.378. The van der Waals surface area contributed by atoms with Crippen molar-refractivity contribution in [2.75, 3.05) is 6.54 Å². The fourth-order valence-electron chi connectivity index (χ4n) is 1.70. The number of nitrogens with two attached hydrogens (primary N) is 3. The Morgan fingerprint density at radius 3 is 2.89 bits per heavy atom. The summed E-state index contributed by atoms with van der Waals surface area (Å²) in [5, 5.41) is 0.732. The highest BCUT2D eigenvalue weighted by Crippen LogP contribution is 2.17. The van der Waals surface area contributed by atoms with E-state index in [1.165, 1.54) is 6.07 Å². The van der Waals surface area contributed by atoms with E-state index in [4.69, 9.17) is 17.2 Å². The quantitative estimate of drug-likeness (QED) is 0.452. The van der Waals surface area contributed by atoms with Gasteiger partial charge in [-0.1, -0.05) is 0 Å². The summed E-state index contributed by atoms with van der Waals surface area (Å²) in [7, 11) is 0. The Bertz CT molecular complexity index is 640.